The highest BCUT2D eigenvalue weighted by atomic mass is 32.1. The summed E-state index contributed by atoms with van der Waals surface area (Å²) in [6.07, 6.45) is 0.0378. The number of halogens is 1. The van der Waals surface area contributed by atoms with E-state index in [4.69, 9.17) is 0 Å². The van der Waals surface area contributed by atoms with Gasteiger partial charge in [0.15, 0.2) is 0 Å². The van der Waals surface area contributed by atoms with E-state index in [9.17, 15) is 19.1 Å². The van der Waals surface area contributed by atoms with Crippen LogP contribution in [0.3, 0.4) is 0 Å². The maximum Gasteiger partial charge on any atom is 0.339 e. The van der Waals surface area contributed by atoms with Crippen molar-refractivity contribution >= 4 is 28.2 Å². The van der Waals surface area contributed by atoms with Gasteiger partial charge in [0.25, 0.3) is 0 Å². The van der Waals surface area contributed by atoms with Crippen molar-refractivity contribution in [3.05, 3.63) is 75.9 Å². The summed E-state index contributed by atoms with van der Waals surface area (Å²) in [7, 11) is 0. The summed E-state index contributed by atoms with van der Waals surface area (Å²) in [4.78, 5) is 25.1. The normalized spacial score (nSPS) is 10.6. The van der Waals surface area contributed by atoms with Crippen LogP contribution >= 0.6 is 11.3 Å². The van der Waals surface area contributed by atoms with Gasteiger partial charge in [0.05, 0.1) is 6.42 Å². The maximum absolute atomic E-state index is 13.0. The predicted octanol–water partition coefficient (Wildman–Crippen LogP) is 5.05. The monoisotopic (exact) mass is 383 g/mol. The molecule has 4 nitrogen and oxygen atoms in total. The molecule has 1 amide bonds. The van der Waals surface area contributed by atoms with E-state index in [0.717, 1.165) is 16.0 Å². The summed E-state index contributed by atoms with van der Waals surface area (Å²) in [6.45, 7) is 3.80. The predicted molar refractivity (Wildman–Crippen MR) is 105 cm³/mol. The van der Waals surface area contributed by atoms with Crippen LogP contribution < -0.4 is 5.32 Å². The molecule has 2 N–H and O–H groups in total. The van der Waals surface area contributed by atoms with Crippen LogP contribution in [0.5, 0.6) is 0 Å². The largest absolute Gasteiger partial charge is 0.478 e. The summed E-state index contributed by atoms with van der Waals surface area (Å²) in [5.74, 6) is -1.81. The number of carbonyl (C=O) groups is 2. The van der Waals surface area contributed by atoms with Crippen LogP contribution in [0, 0.1) is 19.7 Å². The summed E-state index contributed by atoms with van der Waals surface area (Å²) in [6, 6.07) is 13.2. The van der Waals surface area contributed by atoms with E-state index in [-0.39, 0.29) is 23.7 Å². The average molecular weight is 383 g/mol. The second kappa shape index (κ2) is 7.72. The number of benzene rings is 2. The second-order valence-corrected chi connectivity index (χ2v) is 7.48. The minimum absolute atomic E-state index is 0.0378. The number of carboxylic acid groups (broad SMARTS) is 1. The fraction of sp³-hybridized carbons (Fsp3) is 0.143. The Morgan fingerprint density at radius 3 is 2.26 bits per heavy atom. The highest BCUT2D eigenvalue weighted by molar-refractivity contribution is 7.17. The highest BCUT2D eigenvalue weighted by Gasteiger charge is 2.24. The van der Waals surface area contributed by atoms with Gasteiger partial charge < -0.3 is 10.4 Å². The number of aryl methyl sites for hydroxylation is 2. The van der Waals surface area contributed by atoms with E-state index in [1.54, 1.807) is 0 Å². The third kappa shape index (κ3) is 4.23. The molecule has 0 aliphatic rings. The molecule has 1 aromatic heterocycles. The van der Waals surface area contributed by atoms with Crippen LogP contribution in [0.2, 0.25) is 0 Å². The lowest BCUT2D eigenvalue weighted by Crippen LogP contribution is -2.15. The number of hydrogen-bond acceptors (Lipinski definition) is 3. The Labute approximate surface area is 160 Å². The Balaban J connectivity index is 1.90. The van der Waals surface area contributed by atoms with Crippen LogP contribution in [0.25, 0.3) is 11.1 Å². The first kappa shape index (κ1) is 18.8. The Hall–Kier alpha value is -2.99. The molecule has 0 aliphatic carbocycles. The van der Waals surface area contributed by atoms with Gasteiger partial charge >= 0.3 is 5.97 Å². The zero-order chi connectivity index (χ0) is 19.6. The average Bonchev–Trinajstić information content (AvgIpc) is 2.93. The second-order valence-electron chi connectivity index (χ2n) is 6.26. The Kier molecular flexibility index (Phi) is 5.37. The standard InChI is InChI=1S/C21H18FNO3S/c1-12-3-7-15(8-4-12)18-13(2)27-20(19(18)21(25)26)23-17(24)11-14-5-9-16(22)10-6-14/h3-10H,11H2,1-2H3,(H,23,24)(H,25,26). The Morgan fingerprint density at radius 1 is 1.04 bits per heavy atom. The van der Waals surface area contributed by atoms with Gasteiger partial charge in [-0.1, -0.05) is 42.0 Å². The maximum atomic E-state index is 13.0. The number of nitrogens with one attached hydrogen (secondary N) is 1. The Bertz CT molecular complexity index is 992. The van der Waals surface area contributed by atoms with E-state index in [2.05, 4.69) is 5.32 Å². The molecule has 0 radical (unpaired) electrons. The van der Waals surface area contributed by atoms with Crippen LogP contribution in [0.4, 0.5) is 9.39 Å². The summed E-state index contributed by atoms with van der Waals surface area (Å²) in [5.41, 5.74) is 3.23. The SMILES string of the molecule is Cc1ccc(-c2c(C)sc(NC(=O)Cc3ccc(F)cc3)c2C(=O)O)cc1. The van der Waals surface area contributed by atoms with Gasteiger partial charge in [-0.15, -0.1) is 11.3 Å². The van der Waals surface area contributed by atoms with Crippen molar-refractivity contribution in [3.63, 3.8) is 0 Å². The number of aromatic carboxylic acids is 1. The number of carbonyl (C=O) groups excluding carboxylic acids is 1. The zero-order valence-corrected chi connectivity index (χ0v) is 15.7. The van der Waals surface area contributed by atoms with Crippen molar-refractivity contribution < 1.29 is 19.1 Å². The molecule has 2 aromatic carbocycles. The summed E-state index contributed by atoms with van der Waals surface area (Å²) >= 11 is 1.24. The quantitative estimate of drug-likeness (QED) is 0.648. The first-order valence-corrected chi connectivity index (χ1v) is 9.15. The number of hydrogen-bond donors (Lipinski definition) is 2. The van der Waals surface area contributed by atoms with Crippen LogP contribution in [-0.2, 0) is 11.2 Å². The molecular formula is C21H18FNO3S. The smallest absolute Gasteiger partial charge is 0.339 e. The summed E-state index contributed by atoms with van der Waals surface area (Å²) < 4.78 is 13.0. The zero-order valence-electron chi connectivity index (χ0n) is 14.9. The first-order chi connectivity index (χ1) is 12.8. The lowest BCUT2D eigenvalue weighted by atomic mass is 10.0. The number of anilines is 1. The van der Waals surface area contributed by atoms with Crippen LogP contribution in [0.1, 0.15) is 26.4 Å². The van der Waals surface area contributed by atoms with E-state index in [1.165, 1.54) is 35.6 Å². The van der Waals surface area contributed by atoms with E-state index < -0.39 is 5.97 Å². The summed E-state index contributed by atoms with van der Waals surface area (Å²) in [5, 5.41) is 12.7. The van der Waals surface area contributed by atoms with Crippen molar-refractivity contribution in [2.24, 2.45) is 0 Å². The van der Waals surface area contributed by atoms with E-state index >= 15 is 0 Å². The molecule has 3 rings (SSSR count). The molecule has 0 fully saturated rings. The third-order valence-corrected chi connectivity index (χ3v) is 5.19. The van der Waals surface area contributed by atoms with E-state index in [1.807, 2.05) is 38.1 Å². The number of thiophene rings is 1. The molecule has 138 valence electrons. The molecule has 0 saturated carbocycles. The van der Waals surface area contributed by atoms with Crippen molar-refractivity contribution in [3.8, 4) is 11.1 Å². The topological polar surface area (TPSA) is 66.4 Å². The lowest BCUT2D eigenvalue weighted by Gasteiger charge is -2.07. The minimum atomic E-state index is -1.09. The fourth-order valence-corrected chi connectivity index (χ4v) is 3.95. The highest BCUT2D eigenvalue weighted by Crippen LogP contribution is 2.40. The molecule has 1 heterocycles. The fourth-order valence-electron chi connectivity index (χ4n) is 2.86. The van der Waals surface area contributed by atoms with Gasteiger partial charge in [-0.05, 0) is 37.1 Å². The molecule has 0 unspecified atom stereocenters. The molecule has 0 spiro atoms. The molecular weight excluding hydrogens is 365 g/mol. The van der Waals surface area contributed by atoms with Crippen molar-refractivity contribution in [1.82, 2.24) is 0 Å². The van der Waals surface area contributed by atoms with Gasteiger partial charge in [0.1, 0.15) is 16.4 Å². The molecule has 3 aromatic rings. The minimum Gasteiger partial charge on any atom is -0.478 e. The van der Waals surface area contributed by atoms with Crippen molar-refractivity contribution in [2.45, 2.75) is 20.3 Å². The Morgan fingerprint density at radius 2 is 1.67 bits per heavy atom. The lowest BCUT2D eigenvalue weighted by molar-refractivity contribution is -0.115. The van der Waals surface area contributed by atoms with Crippen LogP contribution in [0.15, 0.2) is 48.5 Å². The third-order valence-electron chi connectivity index (χ3n) is 4.17. The number of amides is 1. The van der Waals surface area contributed by atoms with Crippen LogP contribution in [-0.4, -0.2) is 17.0 Å². The van der Waals surface area contributed by atoms with Gasteiger partial charge in [-0.2, -0.15) is 0 Å². The van der Waals surface area contributed by atoms with Gasteiger partial charge in [-0.3, -0.25) is 4.79 Å². The van der Waals surface area contributed by atoms with Crippen molar-refractivity contribution in [1.29, 1.82) is 0 Å². The first-order valence-electron chi connectivity index (χ1n) is 8.33. The van der Waals surface area contributed by atoms with Gasteiger partial charge in [-0.25, -0.2) is 9.18 Å². The van der Waals surface area contributed by atoms with Gasteiger partial charge in [0, 0.05) is 10.4 Å². The number of rotatable bonds is 5. The number of carboxylic acids is 1. The molecule has 6 heteroatoms. The molecule has 27 heavy (non-hydrogen) atoms. The van der Waals surface area contributed by atoms with E-state index in [0.29, 0.717) is 16.1 Å². The van der Waals surface area contributed by atoms with Gasteiger partial charge in [0.2, 0.25) is 5.91 Å². The molecule has 0 bridgehead atoms. The van der Waals surface area contributed by atoms with Crippen molar-refractivity contribution in [2.75, 3.05) is 5.32 Å². The molecule has 0 saturated heterocycles. The molecule has 0 atom stereocenters. The molecule has 0 aliphatic heterocycles.